The minimum absolute atomic E-state index is 0.0897. The molecular formula is C19H20N2O4S. The summed E-state index contributed by atoms with van der Waals surface area (Å²) in [5, 5.41) is 0. The van der Waals surface area contributed by atoms with E-state index in [0.29, 0.717) is 11.3 Å². The van der Waals surface area contributed by atoms with E-state index in [1.165, 1.54) is 12.1 Å². The quantitative estimate of drug-likeness (QED) is 0.894. The number of nitrogens with one attached hydrogen (secondary N) is 1. The first kappa shape index (κ1) is 17.1. The number of benzene rings is 2. The molecule has 0 aliphatic carbocycles. The van der Waals surface area contributed by atoms with E-state index in [4.69, 9.17) is 4.74 Å². The van der Waals surface area contributed by atoms with Gasteiger partial charge in [0.1, 0.15) is 12.4 Å². The van der Waals surface area contributed by atoms with E-state index >= 15 is 0 Å². The fourth-order valence-electron chi connectivity index (χ4n) is 3.41. The number of carbonyl (C=O) groups excluding carboxylic acids is 1. The molecule has 136 valence electrons. The molecule has 2 aromatic rings. The highest BCUT2D eigenvalue weighted by Gasteiger charge is 2.29. The summed E-state index contributed by atoms with van der Waals surface area (Å²) < 4.78 is 33.8. The van der Waals surface area contributed by atoms with Crippen LogP contribution in [0, 0.1) is 0 Å². The molecule has 1 N–H and O–H groups in total. The molecule has 1 amide bonds. The number of nitrogens with zero attached hydrogens (tertiary/aromatic N) is 1. The highest BCUT2D eigenvalue weighted by atomic mass is 32.2. The molecular weight excluding hydrogens is 352 g/mol. The van der Waals surface area contributed by atoms with E-state index in [0.717, 1.165) is 31.5 Å². The smallest absolute Gasteiger partial charge is 0.253 e. The third-order valence-electron chi connectivity index (χ3n) is 4.78. The Morgan fingerprint density at radius 2 is 1.85 bits per heavy atom. The van der Waals surface area contributed by atoms with Crippen molar-refractivity contribution in [1.82, 2.24) is 9.62 Å². The lowest BCUT2D eigenvalue weighted by Gasteiger charge is -2.16. The van der Waals surface area contributed by atoms with Crippen LogP contribution in [0.5, 0.6) is 5.75 Å². The van der Waals surface area contributed by atoms with Crippen LogP contribution in [-0.2, 0) is 10.0 Å². The maximum absolute atomic E-state index is 12.8. The molecule has 1 fully saturated rings. The summed E-state index contributed by atoms with van der Waals surface area (Å²) in [5.41, 5.74) is 1.22. The van der Waals surface area contributed by atoms with E-state index in [1.54, 1.807) is 17.0 Å². The summed E-state index contributed by atoms with van der Waals surface area (Å²) in [4.78, 5) is 14.4. The molecule has 0 aromatic heterocycles. The number of para-hydroxylation sites is 1. The van der Waals surface area contributed by atoms with Crippen LogP contribution in [0.3, 0.4) is 0 Å². The Kier molecular flexibility index (Phi) is 4.42. The topological polar surface area (TPSA) is 75.7 Å². The molecule has 7 heteroatoms. The molecule has 0 radical (unpaired) electrons. The van der Waals surface area contributed by atoms with Crippen LogP contribution in [0.2, 0.25) is 0 Å². The maximum Gasteiger partial charge on any atom is 0.253 e. The molecule has 4 rings (SSSR count). The molecule has 0 saturated carbocycles. The van der Waals surface area contributed by atoms with Crippen molar-refractivity contribution in [2.45, 2.75) is 23.8 Å². The van der Waals surface area contributed by atoms with Gasteiger partial charge < -0.3 is 9.64 Å². The van der Waals surface area contributed by atoms with Crippen LogP contribution < -0.4 is 9.46 Å². The molecule has 1 atom stereocenters. The average molecular weight is 372 g/mol. The van der Waals surface area contributed by atoms with Gasteiger partial charge in [-0.25, -0.2) is 13.1 Å². The Balaban J connectivity index is 1.57. The van der Waals surface area contributed by atoms with Crippen molar-refractivity contribution < 1.29 is 17.9 Å². The SMILES string of the molecule is O=C(c1cccc(S(=O)(=O)N[C@H]2COc3ccccc32)c1)N1CCCC1. The zero-order valence-electron chi connectivity index (χ0n) is 14.2. The minimum Gasteiger partial charge on any atom is -0.491 e. The standard InChI is InChI=1S/C19H20N2O4S/c22-19(21-10-3-4-11-21)14-6-5-7-15(12-14)26(23,24)20-17-13-25-18-9-2-1-8-16(17)18/h1-2,5-9,12,17,20H,3-4,10-11,13H2/t17-/m0/s1. The molecule has 2 aliphatic rings. The van der Waals surface area contributed by atoms with E-state index in [2.05, 4.69) is 4.72 Å². The van der Waals surface area contributed by atoms with E-state index < -0.39 is 16.1 Å². The summed E-state index contributed by atoms with van der Waals surface area (Å²) in [5.74, 6) is 0.576. The van der Waals surface area contributed by atoms with Crippen LogP contribution in [0.1, 0.15) is 34.8 Å². The van der Waals surface area contributed by atoms with Crippen molar-refractivity contribution >= 4 is 15.9 Å². The lowest BCUT2D eigenvalue weighted by Crippen LogP contribution is -2.30. The van der Waals surface area contributed by atoms with Crippen molar-refractivity contribution in [3.05, 3.63) is 59.7 Å². The van der Waals surface area contributed by atoms with Gasteiger partial charge in [0, 0.05) is 24.2 Å². The normalized spacial score (nSPS) is 19.2. The van der Waals surface area contributed by atoms with Gasteiger partial charge in [-0.3, -0.25) is 4.79 Å². The largest absolute Gasteiger partial charge is 0.491 e. The van der Waals surface area contributed by atoms with E-state index in [9.17, 15) is 13.2 Å². The molecule has 2 heterocycles. The molecule has 1 saturated heterocycles. The number of fused-ring (bicyclic) bond motifs is 1. The second-order valence-corrected chi connectivity index (χ2v) is 8.26. The lowest BCUT2D eigenvalue weighted by molar-refractivity contribution is 0.0792. The Bertz CT molecular complexity index is 936. The Labute approximate surface area is 152 Å². The van der Waals surface area contributed by atoms with Gasteiger partial charge in [-0.05, 0) is 37.1 Å². The summed E-state index contributed by atoms with van der Waals surface area (Å²) in [6, 6.07) is 13.2. The third kappa shape index (κ3) is 3.20. The number of ether oxygens (including phenoxy) is 1. The lowest BCUT2D eigenvalue weighted by atomic mass is 10.1. The Morgan fingerprint density at radius 1 is 1.08 bits per heavy atom. The van der Waals surface area contributed by atoms with E-state index in [-0.39, 0.29) is 17.4 Å². The fourth-order valence-corrected chi connectivity index (χ4v) is 4.66. The number of carbonyl (C=O) groups is 1. The number of amides is 1. The number of sulfonamides is 1. The Morgan fingerprint density at radius 3 is 2.65 bits per heavy atom. The number of rotatable bonds is 4. The second kappa shape index (κ2) is 6.74. The molecule has 2 aliphatic heterocycles. The number of likely N-dealkylation sites (tertiary alicyclic amines) is 1. The summed E-state index contributed by atoms with van der Waals surface area (Å²) in [7, 11) is -3.77. The van der Waals surface area contributed by atoms with Gasteiger partial charge in [-0.15, -0.1) is 0 Å². The van der Waals surface area contributed by atoms with Gasteiger partial charge in [-0.1, -0.05) is 24.3 Å². The van der Waals surface area contributed by atoms with Crippen molar-refractivity contribution in [1.29, 1.82) is 0 Å². The van der Waals surface area contributed by atoms with Gasteiger partial charge in [0.2, 0.25) is 10.0 Å². The summed E-state index contributed by atoms with van der Waals surface area (Å²) in [6.45, 7) is 1.71. The molecule has 26 heavy (non-hydrogen) atoms. The molecule has 0 bridgehead atoms. The summed E-state index contributed by atoms with van der Waals surface area (Å²) in [6.07, 6.45) is 1.98. The molecule has 0 unspecified atom stereocenters. The number of hydrogen-bond acceptors (Lipinski definition) is 4. The van der Waals surface area contributed by atoms with Gasteiger partial charge in [0.25, 0.3) is 5.91 Å². The van der Waals surface area contributed by atoms with Crippen molar-refractivity contribution in [3.8, 4) is 5.75 Å². The first-order valence-corrected chi connectivity index (χ1v) is 10.2. The van der Waals surface area contributed by atoms with Crippen LogP contribution in [0.4, 0.5) is 0 Å². The van der Waals surface area contributed by atoms with Crippen molar-refractivity contribution in [2.24, 2.45) is 0 Å². The minimum atomic E-state index is -3.77. The zero-order chi connectivity index (χ0) is 18.1. The van der Waals surface area contributed by atoms with Gasteiger partial charge >= 0.3 is 0 Å². The monoisotopic (exact) mass is 372 g/mol. The predicted molar refractivity (Wildman–Crippen MR) is 96.6 cm³/mol. The Hall–Kier alpha value is -2.38. The third-order valence-corrected chi connectivity index (χ3v) is 6.25. The van der Waals surface area contributed by atoms with Crippen LogP contribution in [0.15, 0.2) is 53.4 Å². The van der Waals surface area contributed by atoms with Crippen LogP contribution in [0.25, 0.3) is 0 Å². The van der Waals surface area contributed by atoms with E-state index in [1.807, 2.05) is 24.3 Å². The predicted octanol–water partition coefficient (Wildman–Crippen LogP) is 2.33. The maximum atomic E-state index is 12.8. The highest BCUT2D eigenvalue weighted by molar-refractivity contribution is 7.89. The van der Waals surface area contributed by atoms with Gasteiger partial charge in [-0.2, -0.15) is 0 Å². The molecule has 6 nitrogen and oxygen atoms in total. The molecule has 2 aromatic carbocycles. The summed E-state index contributed by atoms with van der Waals surface area (Å²) >= 11 is 0. The van der Waals surface area contributed by atoms with Gasteiger partial charge in [0.15, 0.2) is 0 Å². The zero-order valence-corrected chi connectivity index (χ0v) is 15.0. The van der Waals surface area contributed by atoms with Crippen LogP contribution >= 0.6 is 0 Å². The average Bonchev–Trinajstić information content (AvgIpc) is 3.32. The first-order chi connectivity index (χ1) is 12.5. The van der Waals surface area contributed by atoms with Crippen LogP contribution in [-0.4, -0.2) is 38.9 Å². The fraction of sp³-hybridized carbons (Fsp3) is 0.316. The molecule has 0 spiro atoms. The van der Waals surface area contributed by atoms with Crippen molar-refractivity contribution in [2.75, 3.05) is 19.7 Å². The second-order valence-electron chi connectivity index (χ2n) is 6.55. The van der Waals surface area contributed by atoms with Crippen molar-refractivity contribution in [3.63, 3.8) is 0 Å². The van der Waals surface area contributed by atoms with Gasteiger partial charge in [0.05, 0.1) is 10.9 Å². The highest BCUT2D eigenvalue weighted by Crippen LogP contribution is 2.32. The number of hydrogen-bond donors (Lipinski definition) is 1. The first-order valence-electron chi connectivity index (χ1n) is 8.68.